The molecule has 0 aliphatic heterocycles. The van der Waals surface area contributed by atoms with Gasteiger partial charge in [-0.15, -0.1) is 0 Å². The van der Waals surface area contributed by atoms with Crippen LogP contribution in [0, 0.1) is 0 Å². The Morgan fingerprint density at radius 1 is 1.10 bits per heavy atom. The summed E-state index contributed by atoms with van der Waals surface area (Å²) in [7, 11) is 0. The number of rotatable bonds is 3. The quantitative estimate of drug-likeness (QED) is 0.863. The molecule has 1 aromatic carbocycles. The average Bonchev–Trinajstić information content (AvgIpc) is 2.37. The van der Waals surface area contributed by atoms with Gasteiger partial charge >= 0.3 is 0 Å². The molecule has 0 N–H and O–H groups in total. The summed E-state index contributed by atoms with van der Waals surface area (Å²) in [6.07, 6.45) is 0. The highest BCUT2D eigenvalue weighted by Gasteiger charge is 2.24. The summed E-state index contributed by atoms with van der Waals surface area (Å²) < 4.78 is 5.59. The largest absolute Gasteiger partial charge is 0.451 e. The van der Waals surface area contributed by atoms with Crippen LogP contribution in [0.5, 0.6) is 0 Å². The van der Waals surface area contributed by atoms with Gasteiger partial charge in [-0.2, -0.15) is 0 Å². The first-order valence-electron chi connectivity index (χ1n) is 6.77. The Bertz CT molecular complexity index is 677. The van der Waals surface area contributed by atoms with Crippen LogP contribution < -0.4 is 5.43 Å². The average molecular weight is 273 g/mol. The van der Waals surface area contributed by atoms with Crippen molar-refractivity contribution in [2.45, 2.75) is 39.8 Å². The normalized spacial score (nSPS) is 11.3. The third kappa shape index (κ3) is 2.59. The van der Waals surface area contributed by atoms with Gasteiger partial charge in [0.1, 0.15) is 5.58 Å². The van der Waals surface area contributed by atoms with E-state index in [1.807, 2.05) is 27.7 Å². The first-order chi connectivity index (χ1) is 9.41. The highest BCUT2D eigenvalue weighted by atomic mass is 16.3. The van der Waals surface area contributed by atoms with Crippen molar-refractivity contribution in [1.82, 2.24) is 4.90 Å². The molecule has 1 amide bonds. The van der Waals surface area contributed by atoms with E-state index in [-0.39, 0.29) is 29.2 Å². The molecule has 20 heavy (non-hydrogen) atoms. The molecule has 0 aliphatic rings. The summed E-state index contributed by atoms with van der Waals surface area (Å²) in [5, 5.41) is 0.490. The summed E-state index contributed by atoms with van der Waals surface area (Å²) >= 11 is 0. The molecule has 4 nitrogen and oxygen atoms in total. The van der Waals surface area contributed by atoms with Crippen LogP contribution >= 0.6 is 0 Å². The van der Waals surface area contributed by atoms with E-state index in [1.165, 1.54) is 6.07 Å². The van der Waals surface area contributed by atoms with Crippen LogP contribution in [0.2, 0.25) is 0 Å². The number of amides is 1. The van der Waals surface area contributed by atoms with E-state index in [0.29, 0.717) is 11.0 Å². The summed E-state index contributed by atoms with van der Waals surface area (Å²) in [4.78, 5) is 26.3. The maximum absolute atomic E-state index is 12.5. The fourth-order valence-electron chi connectivity index (χ4n) is 2.40. The van der Waals surface area contributed by atoms with Crippen molar-refractivity contribution >= 4 is 16.9 Å². The lowest BCUT2D eigenvalue weighted by Crippen LogP contribution is -2.42. The van der Waals surface area contributed by atoms with Gasteiger partial charge < -0.3 is 9.32 Å². The number of benzene rings is 1. The van der Waals surface area contributed by atoms with Crippen molar-refractivity contribution in [1.29, 1.82) is 0 Å². The van der Waals surface area contributed by atoms with Gasteiger partial charge in [-0.25, -0.2) is 0 Å². The Morgan fingerprint density at radius 2 is 1.70 bits per heavy atom. The highest BCUT2D eigenvalue weighted by Crippen LogP contribution is 2.16. The topological polar surface area (TPSA) is 50.5 Å². The SMILES string of the molecule is CC(C)N(C(=O)c1cc(=O)c2ccccc2o1)C(C)C. The molecule has 0 saturated carbocycles. The van der Waals surface area contributed by atoms with E-state index in [0.717, 1.165) is 0 Å². The summed E-state index contributed by atoms with van der Waals surface area (Å²) in [6.45, 7) is 7.77. The molecule has 0 radical (unpaired) electrons. The molecule has 1 aromatic heterocycles. The Balaban J connectivity index is 2.52. The third-order valence-corrected chi connectivity index (χ3v) is 3.19. The molecule has 106 valence electrons. The van der Waals surface area contributed by atoms with E-state index in [9.17, 15) is 9.59 Å². The number of hydrogen-bond donors (Lipinski definition) is 0. The van der Waals surface area contributed by atoms with Crippen LogP contribution in [0.25, 0.3) is 11.0 Å². The van der Waals surface area contributed by atoms with Crippen LogP contribution in [0.3, 0.4) is 0 Å². The van der Waals surface area contributed by atoms with Gasteiger partial charge in [0.25, 0.3) is 5.91 Å². The van der Waals surface area contributed by atoms with Crippen molar-refractivity contribution < 1.29 is 9.21 Å². The number of hydrogen-bond acceptors (Lipinski definition) is 3. The molecule has 0 bridgehead atoms. The zero-order chi connectivity index (χ0) is 14.9. The molecule has 0 saturated heterocycles. The lowest BCUT2D eigenvalue weighted by molar-refractivity contribution is 0.0611. The van der Waals surface area contributed by atoms with Crippen molar-refractivity contribution in [2.24, 2.45) is 0 Å². The van der Waals surface area contributed by atoms with Gasteiger partial charge in [0.05, 0.1) is 5.39 Å². The van der Waals surface area contributed by atoms with Crippen LogP contribution in [0.15, 0.2) is 39.5 Å². The van der Waals surface area contributed by atoms with Gasteiger partial charge in [-0.05, 0) is 39.8 Å². The van der Waals surface area contributed by atoms with Gasteiger partial charge in [-0.1, -0.05) is 12.1 Å². The summed E-state index contributed by atoms with van der Waals surface area (Å²) in [5.74, 6) is -0.158. The molecule has 2 rings (SSSR count). The molecule has 0 spiro atoms. The number of fused-ring (bicyclic) bond motifs is 1. The Labute approximate surface area is 118 Å². The van der Waals surface area contributed by atoms with Crippen molar-refractivity contribution in [3.8, 4) is 0 Å². The lowest BCUT2D eigenvalue weighted by Gasteiger charge is -2.30. The highest BCUT2D eigenvalue weighted by molar-refractivity contribution is 5.93. The summed E-state index contributed by atoms with van der Waals surface area (Å²) in [6, 6.07) is 8.30. The third-order valence-electron chi connectivity index (χ3n) is 3.19. The first-order valence-corrected chi connectivity index (χ1v) is 6.77. The first kappa shape index (κ1) is 14.3. The standard InChI is InChI=1S/C16H19NO3/c1-10(2)17(11(3)4)16(19)15-9-13(18)12-7-5-6-8-14(12)20-15/h5-11H,1-4H3. The predicted molar refractivity (Wildman–Crippen MR) is 78.9 cm³/mol. The van der Waals surface area contributed by atoms with Gasteiger partial charge in [0, 0.05) is 18.2 Å². The van der Waals surface area contributed by atoms with Gasteiger partial charge in [0.15, 0.2) is 11.2 Å². The zero-order valence-electron chi connectivity index (χ0n) is 12.2. The fraction of sp³-hybridized carbons (Fsp3) is 0.375. The Hall–Kier alpha value is -2.10. The second-order valence-electron chi connectivity index (χ2n) is 5.37. The van der Waals surface area contributed by atoms with Crippen molar-refractivity contribution in [3.05, 3.63) is 46.3 Å². The molecule has 0 fully saturated rings. The van der Waals surface area contributed by atoms with Crippen LogP contribution in [-0.4, -0.2) is 22.9 Å². The van der Waals surface area contributed by atoms with E-state index in [4.69, 9.17) is 4.42 Å². The summed E-state index contributed by atoms with van der Waals surface area (Å²) in [5.41, 5.74) is 0.249. The van der Waals surface area contributed by atoms with Crippen molar-refractivity contribution in [2.75, 3.05) is 0 Å². The molecule has 0 aliphatic carbocycles. The molecule has 0 atom stereocenters. The minimum absolute atomic E-state index is 0.0410. The molecular formula is C16H19NO3. The zero-order valence-corrected chi connectivity index (χ0v) is 12.2. The van der Waals surface area contributed by atoms with E-state index < -0.39 is 0 Å². The minimum atomic E-state index is -0.252. The van der Waals surface area contributed by atoms with E-state index in [1.54, 1.807) is 29.2 Å². The predicted octanol–water partition coefficient (Wildman–Crippen LogP) is 3.05. The maximum atomic E-state index is 12.5. The Kier molecular flexibility index (Phi) is 3.93. The monoisotopic (exact) mass is 273 g/mol. The number of carbonyl (C=O) groups is 1. The van der Waals surface area contributed by atoms with E-state index >= 15 is 0 Å². The smallest absolute Gasteiger partial charge is 0.290 e. The van der Waals surface area contributed by atoms with Crippen LogP contribution in [0.1, 0.15) is 38.2 Å². The molecular weight excluding hydrogens is 254 g/mol. The molecule has 4 heteroatoms. The fourth-order valence-corrected chi connectivity index (χ4v) is 2.40. The number of nitrogens with zero attached hydrogens (tertiary/aromatic N) is 1. The van der Waals surface area contributed by atoms with Gasteiger partial charge in [-0.3, -0.25) is 9.59 Å². The lowest BCUT2D eigenvalue weighted by atomic mass is 10.2. The van der Waals surface area contributed by atoms with Gasteiger partial charge in [0.2, 0.25) is 0 Å². The van der Waals surface area contributed by atoms with Crippen LogP contribution in [0.4, 0.5) is 0 Å². The maximum Gasteiger partial charge on any atom is 0.290 e. The molecule has 2 aromatic rings. The second kappa shape index (κ2) is 5.49. The minimum Gasteiger partial charge on any atom is -0.451 e. The second-order valence-corrected chi connectivity index (χ2v) is 5.37. The number of para-hydroxylation sites is 1. The molecule has 0 unspecified atom stereocenters. The van der Waals surface area contributed by atoms with Crippen LogP contribution in [-0.2, 0) is 0 Å². The molecule has 1 heterocycles. The number of carbonyl (C=O) groups excluding carboxylic acids is 1. The van der Waals surface area contributed by atoms with E-state index in [2.05, 4.69) is 0 Å². The van der Waals surface area contributed by atoms with Crippen molar-refractivity contribution in [3.63, 3.8) is 0 Å². The Morgan fingerprint density at radius 3 is 2.30 bits per heavy atom.